The summed E-state index contributed by atoms with van der Waals surface area (Å²) in [6.07, 6.45) is 1.43. The summed E-state index contributed by atoms with van der Waals surface area (Å²) < 4.78 is 6.67. The normalized spacial score (nSPS) is 11.0. The number of carbonyl (C=O) groups excluding carboxylic acids is 1. The standard InChI is InChI=1S/C18H11BrCl2N2O2/c19-13-4-1-11(2-5-13)17-8-6-14(25-17)10-22-23-18(24)12-3-7-15(20)16(21)9-12/h1-10H,(H,23,24)/b22-10+. The number of nitrogens with one attached hydrogen (secondary N) is 1. The van der Waals surface area contributed by atoms with E-state index in [1.54, 1.807) is 18.2 Å². The van der Waals surface area contributed by atoms with Crippen molar-refractivity contribution in [1.29, 1.82) is 0 Å². The van der Waals surface area contributed by atoms with Crippen LogP contribution in [-0.2, 0) is 0 Å². The van der Waals surface area contributed by atoms with Crippen LogP contribution in [0.5, 0.6) is 0 Å². The molecule has 1 aromatic heterocycles. The molecule has 3 rings (SSSR count). The highest BCUT2D eigenvalue weighted by atomic mass is 79.9. The molecule has 0 atom stereocenters. The molecule has 0 saturated heterocycles. The predicted molar refractivity (Wildman–Crippen MR) is 103 cm³/mol. The molecule has 0 bridgehead atoms. The highest BCUT2D eigenvalue weighted by Gasteiger charge is 2.07. The van der Waals surface area contributed by atoms with Crippen molar-refractivity contribution in [3.63, 3.8) is 0 Å². The second kappa shape index (κ2) is 7.87. The van der Waals surface area contributed by atoms with Gasteiger partial charge in [-0.15, -0.1) is 0 Å². The molecule has 4 nitrogen and oxygen atoms in total. The summed E-state index contributed by atoms with van der Waals surface area (Å²) >= 11 is 15.1. The van der Waals surface area contributed by atoms with Gasteiger partial charge in [-0.3, -0.25) is 4.79 Å². The average molecular weight is 438 g/mol. The first-order chi connectivity index (χ1) is 12.0. The number of hydrogen-bond donors (Lipinski definition) is 1. The van der Waals surface area contributed by atoms with Crippen LogP contribution < -0.4 is 5.43 Å². The van der Waals surface area contributed by atoms with Crippen molar-refractivity contribution in [2.75, 3.05) is 0 Å². The number of benzene rings is 2. The summed E-state index contributed by atoms with van der Waals surface area (Å²) in [4.78, 5) is 12.0. The predicted octanol–water partition coefficient (Wildman–Crippen LogP) is 5.78. The Morgan fingerprint density at radius 3 is 2.52 bits per heavy atom. The number of hydrazone groups is 1. The number of nitrogens with zero attached hydrogens (tertiary/aromatic N) is 1. The van der Waals surface area contributed by atoms with Gasteiger partial charge in [-0.1, -0.05) is 51.3 Å². The van der Waals surface area contributed by atoms with E-state index in [9.17, 15) is 4.79 Å². The van der Waals surface area contributed by atoms with E-state index in [4.69, 9.17) is 27.6 Å². The van der Waals surface area contributed by atoms with Gasteiger partial charge in [0.2, 0.25) is 0 Å². The van der Waals surface area contributed by atoms with Crippen LogP contribution in [0.25, 0.3) is 11.3 Å². The number of rotatable bonds is 4. The SMILES string of the molecule is O=C(N/N=C/c1ccc(-c2ccc(Br)cc2)o1)c1ccc(Cl)c(Cl)c1. The van der Waals surface area contributed by atoms with Crippen LogP contribution in [0.3, 0.4) is 0 Å². The van der Waals surface area contributed by atoms with Crippen LogP contribution in [0.2, 0.25) is 10.0 Å². The van der Waals surface area contributed by atoms with Gasteiger partial charge in [-0.25, -0.2) is 5.43 Å². The molecular weight excluding hydrogens is 427 g/mol. The molecule has 0 saturated carbocycles. The molecule has 1 amide bonds. The quantitative estimate of drug-likeness (QED) is 0.415. The first-order valence-electron chi connectivity index (χ1n) is 7.17. The van der Waals surface area contributed by atoms with Crippen LogP contribution in [-0.4, -0.2) is 12.1 Å². The van der Waals surface area contributed by atoms with Crippen LogP contribution in [0.4, 0.5) is 0 Å². The summed E-state index contributed by atoms with van der Waals surface area (Å²) in [5.74, 6) is 0.839. The molecule has 0 aliphatic rings. The largest absolute Gasteiger partial charge is 0.455 e. The fourth-order valence-electron chi connectivity index (χ4n) is 2.05. The van der Waals surface area contributed by atoms with Gasteiger partial charge in [-0.05, 0) is 42.5 Å². The van der Waals surface area contributed by atoms with E-state index in [0.717, 1.165) is 10.0 Å². The number of furan rings is 1. The molecule has 0 unspecified atom stereocenters. The van der Waals surface area contributed by atoms with E-state index in [1.807, 2.05) is 30.3 Å². The van der Waals surface area contributed by atoms with Crippen molar-refractivity contribution in [3.05, 3.63) is 80.4 Å². The third-order valence-electron chi connectivity index (χ3n) is 3.30. The minimum Gasteiger partial charge on any atom is -0.455 e. The maximum atomic E-state index is 12.0. The minimum absolute atomic E-state index is 0.309. The zero-order chi connectivity index (χ0) is 17.8. The van der Waals surface area contributed by atoms with Gasteiger partial charge in [0.1, 0.15) is 11.5 Å². The van der Waals surface area contributed by atoms with Crippen LogP contribution >= 0.6 is 39.1 Å². The van der Waals surface area contributed by atoms with E-state index < -0.39 is 5.91 Å². The molecule has 0 fully saturated rings. The first-order valence-corrected chi connectivity index (χ1v) is 8.72. The van der Waals surface area contributed by atoms with Gasteiger partial charge < -0.3 is 4.42 Å². The molecule has 0 spiro atoms. The van der Waals surface area contributed by atoms with Crippen molar-refractivity contribution in [3.8, 4) is 11.3 Å². The van der Waals surface area contributed by atoms with Crippen LogP contribution in [0, 0.1) is 0 Å². The van der Waals surface area contributed by atoms with E-state index in [-0.39, 0.29) is 0 Å². The summed E-state index contributed by atoms with van der Waals surface area (Å²) in [7, 11) is 0. The van der Waals surface area contributed by atoms with Crippen LogP contribution in [0.1, 0.15) is 16.1 Å². The van der Waals surface area contributed by atoms with Gasteiger partial charge >= 0.3 is 0 Å². The number of amides is 1. The highest BCUT2D eigenvalue weighted by Crippen LogP contribution is 2.24. The third kappa shape index (κ3) is 4.51. The molecule has 0 aliphatic carbocycles. The Morgan fingerprint density at radius 1 is 1.04 bits per heavy atom. The van der Waals surface area contributed by atoms with Gasteiger partial charge in [0.25, 0.3) is 5.91 Å². The third-order valence-corrected chi connectivity index (χ3v) is 4.56. The maximum Gasteiger partial charge on any atom is 0.271 e. The summed E-state index contributed by atoms with van der Waals surface area (Å²) in [5, 5.41) is 4.58. The minimum atomic E-state index is -0.394. The lowest BCUT2D eigenvalue weighted by molar-refractivity contribution is 0.0955. The summed E-state index contributed by atoms with van der Waals surface area (Å²) in [6, 6.07) is 16.0. The maximum absolute atomic E-state index is 12.0. The zero-order valence-electron chi connectivity index (χ0n) is 12.7. The Labute approximate surface area is 162 Å². The van der Waals surface area contributed by atoms with Gasteiger partial charge in [-0.2, -0.15) is 5.10 Å². The van der Waals surface area contributed by atoms with Crippen molar-refractivity contribution >= 4 is 51.3 Å². The lowest BCUT2D eigenvalue weighted by Crippen LogP contribution is -2.17. The molecule has 0 radical (unpaired) electrons. The summed E-state index contributed by atoms with van der Waals surface area (Å²) in [5.41, 5.74) is 3.72. The molecule has 126 valence electrons. The Kier molecular flexibility index (Phi) is 5.58. The second-order valence-electron chi connectivity index (χ2n) is 5.04. The Morgan fingerprint density at radius 2 is 1.80 bits per heavy atom. The van der Waals surface area contributed by atoms with E-state index >= 15 is 0 Å². The fraction of sp³-hybridized carbons (Fsp3) is 0. The molecule has 0 aliphatic heterocycles. The Hall–Kier alpha value is -2.08. The lowest BCUT2D eigenvalue weighted by atomic mass is 10.2. The molecule has 1 heterocycles. The van der Waals surface area contributed by atoms with E-state index in [1.165, 1.54) is 12.3 Å². The monoisotopic (exact) mass is 436 g/mol. The van der Waals surface area contributed by atoms with Crippen molar-refractivity contribution in [2.45, 2.75) is 0 Å². The van der Waals surface area contributed by atoms with Crippen molar-refractivity contribution in [1.82, 2.24) is 5.43 Å². The molecule has 7 heteroatoms. The smallest absolute Gasteiger partial charge is 0.271 e. The second-order valence-corrected chi connectivity index (χ2v) is 6.77. The topological polar surface area (TPSA) is 54.6 Å². The number of hydrogen-bond acceptors (Lipinski definition) is 3. The average Bonchev–Trinajstić information content (AvgIpc) is 3.06. The fourth-order valence-corrected chi connectivity index (χ4v) is 2.61. The van der Waals surface area contributed by atoms with Gasteiger partial charge in [0.05, 0.1) is 16.3 Å². The van der Waals surface area contributed by atoms with E-state index in [2.05, 4.69) is 26.5 Å². The number of halogens is 3. The Bertz CT molecular complexity index is 937. The molecule has 25 heavy (non-hydrogen) atoms. The molecular formula is C18H11BrCl2N2O2. The van der Waals surface area contributed by atoms with E-state index in [0.29, 0.717) is 27.1 Å². The highest BCUT2D eigenvalue weighted by molar-refractivity contribution is 9.10. The first kappa shape index (κ1) is 17.7. The Balaban J connectivity index is 1.65. The van der Waals surface area contributed by atoms with Crippen molar-refractivity contribution in [2.24, 2.45) is 5.10 Å². The van der Waals surface area contributed by atoms with Gasteiger partial charge in [0, 0.05) is 15.6 Å². The zero-order valence-corrected chi connectivity index (χ0v) is 15.8. The molecule has 1 N–H and O–H groups in total. The molecule has 3 aromatic rings. The number of carbonyl (C=O) groups is 1. The molecule has 2 aromatic carbocycles. The van der Waals surface area contributed by atoms with Crippen molar-refractivity contribution < 1.29 is 9.21 Å². The van der Waals surface area contributed by atoms with Gasteiger partial charge in [0.15, 0.2) is 0 Å². The summed E-state index contributed by atoms with van der Waals surface area (Å²) in [6.45, 7) is 0. The lowest BCUT2D eigenvalue weighted by Gasteiger charge is -2.01. The van der Waals surface area contributed by atoms with Crippen LogP contribution in [0.15, 0.2) is 68.6 Å².